The third-order valence-electron chi connectivity index (χ3n) is 7.94. The number of hydrogen-bond acceptors (Lipinski definition) is 5. The maximum Gasteiger partial charge on any atom is 0.416 e. The molecule has 7 nitrogen and oxygen atoms in total. The predicted molar refractivity (Wildman–Crippen MR) is 131 cm³/mol. The molecule has 39 heavy (non-hydrogen) atoms. The minimum atomic E-state index is -4.67. The van der Waals surface area contributed by atoms with Crippen LogP contribution < -0.4 is 4.90 Å². The van der Waals surface area contributed by atoms with Crippen LogP contribution in [0.2, 0.25) is 0 Å². The standard InChI is InChI=1S/C27H26F5N5O2/c1-35-15-33-34-24(35)23(29)26(13-39-14-26)17-3-2-4-19(9-17)37-12-21-20(25(37)38)7-16(8-22(21)27(30,31)32)10-36-6-5-18(28)11-36/h2-4,7-9,15,18,23H,5-6,10-14H2,1H3/t18-,23+/m1/s1. The largest absolute Gasteiger partial charge is 0.416 e. The molecule has 0 bridgehead atoms. The van der Waals surface area contributed by atoms with Crippen LogP contribution in [0.25, 0.3) is 0 Å². The van der Waals surface area contributed by atoms with Crippen molar-refractivity contribution in [1.82, 2.24) is 19.7 Å². The molecule has 2 saturated heterocycles. The van der Waals surface area contributed by atoms with Gasteiger partial charge in [-0.05, 0) is 47.4 Å². The van der Waals surface area contributed by atoms with Crippen LogP contribution in [-0.2, 0) is 36.5 Å². The molecule has 1 aromatic heterocycles. The Hall–Kier alpha value is -3.38. The van der Waals surface area contributed by atoms with Crippen molar-refractivity contribution in [2.24, 2.45) is 7.05 Å². The third kappa shape index (κ3) is 4.39. The second-order valence-corrected chi connectivity index (χ2v) is 10.5. The number of carbonyl (C=O) groups is 1. The van der Waals surface area contributed by atoms with E-state index in [9.17, 15) is 22.4 Å². The fourth-order valence-electron chi connectivity index (χ4n) is 5.74. The number of benzene rings is 2. The van der Waals surface area contributed by atoms with E-state index in [-0.39, 0.29) is 49.8 Å². The van der Waals surface area contributed by atoms with Gasteiger partial charge >= 0.3 is 6.18 Å². The van der Waals surface area contributed by atoms with Gasteiger partial charge in [-0.2, -0.15) is 13.2 Å². The molecule has 2 fully saturated rings. The summed E-state index contributed by atoms with van der Waals surface area (Å²) in [6, 6.07) is 9.17. The minimum absolute atomic E-state index is 0.0228. The molecule has 0 saturated carbocycles. The molecule has 4 heterocycles. The van der Waals surface area contributed by atoms with Crippen LogP contribution in [0.1, 0.15) is 51.0 Å². The van der Waals surface area contributed by atoms with Gasteiger partial charge in [0.15, 0.2) is 12.0 Å². The van der Waals surface area contributed by atoms with Gasteiger partial charge in [0.05, 0.1) is 30.7 Å². The summed E-state index contributed by atoms with van der Waals surface area (Å²) in [5.41, 5.74) is -0.833. The number of nitrogens with zero attached hydrogens (tertiary/aromatic N) is 5. The second kappa shape index (κ2) is 9.37. The Morgan fingerprint density at radius 2 is 2.00 bits per heavy atom. The van der Waals surface area contributed by atoms with Gasteiger partial charge in [-0.3, -0.25) is 9.69 Å². The Morgan fingerprint density at radius 1 is 1.21 bits per heavy atom. The topological polar surface area (TPSA) is 63.5 Å². The third-order valence-corrected chi connectivity index (χ3v) is 7.94. The van der Waals surface area contributed by atoms with Gasteiger partial charge in [0, 0.05) is 37.9 Å². The van der Waals surface area contributed by atoms with E-state index in [4.69, 9.17) is 4.74 Å². The Balaban J connectivity index is 1.33. The summed E-state index contributed by atoms with van der Waals surface area (Å²) in [5.74, 6) is -0.434. The number of likely N-dealkylation sites (tertiary alicyclic amines) is 1. The molecule has 3 aromatic rings. The first-order valence-corrected chi connectivity index (χ1v) is 12.6. The smallest absolute Gasteiger partial charge is 0.379 e. The normalized spacial score (nSPS) is 21.7. The fraction of sp³-hybridized carbons (Fsp3) is 0.444. The summed E-state index contributed by atoms with van der Waals surface area (Å²) < 4.78 is 78.7. The molecule has 0 radical (unpaired) electrons. The number of amides is 1. The number of fused-ring (bicyclic) bond motifs is 1. The second-order valence-electron chi connectivity index (χ2n) is 10.5. The highest BCUT2D eigenvalue weighted by Crippen LogP contribution is 2.47. The molecule has 3 aliphatic heterocycles. The first kappa shape index (κ1) is 25.9. The van der Waals surface area contributed by atoms with Crippen molar-refractivity contribution < 1.29 is 31.5 Å². The first-order chi connectivity index (χ1) is 18.6. The molecule has 0 spiro atoms. The van der Waals surface area contributed by atoms with E-state index in [2.05, 4.69) is 10.2 Å². The number of anilines is 1. The van der Waals surface area contributed by atoms with Crippen molar-refractivity contribution in [3.05, 3.63) is 76.4 Å². The molecule has 0 N–H and O–H groups in total. The average Bonchev–Trinajstić information content (AvgIpc) is 3.56. The van der Waals surface area contributed by atoms with Gasteiger partial charge in [-0.1, -0.05) is 12.1 Å². The lowest BCUT2D eigenvalue weighted by molar-refractivity contribution is -0.138. The zero-order valence-corrected chi connectivity index (χ0v) is 21.1. The van der Waals surface area contributed by atoms with Crippen molar-refractivity contribution >= 4 is 11.6 Å². The molecule has 0 unspecified atom stereocenters. The van der Waals surface area contributed by atoms with E-state index >= 15 is 4.39 Å². The maximum atomic E-state index is 15.8. The zero-order valence-electron chi connectivity index (χ0n) is 21.1. The predicted octanol–water partition coefficient (Wildman–Crippen LogP) is 4.52. The van der Waals surface area contributed by atoms with Crippen LogP contribution >= 0.6 is 0 Å². The summed E-state index contributed by atoms with van der Waals surface area (Å²) in [4.78, 5) is 16.5. The molecule has 3 aliphatic rings. The van der Waals surface area contributed by atoms with Crippen LogP contribution in [-0.4, -0.2) is 58.0 Å². The maximum absolute atomic E-state index is 15.8. The van der Waals surface area contributed by atoms with Crippen molar-refractivity contribution in [3.63, 3.8) is 0 Å². The number of alkyl halides is 5. The number of carbonyl (C=O) groups excluding carboxylic acids is 1. The number of halogens is 5. The molecule has 2 atom stereocenters. The van der Waals surface area contributed by atoms with E-state index in [0.29, 0.717) is 29.8 Å². The Morgan fingerprint density at radius 3 is 2.62 bits per heavy atom. The van der Waals surface area contributed by atoms with E-state index in [1.165, 1.54) is 21.9 Å². The van der Waals surface area contributed by atoms with E-state index in [1.807, 2.05) is 0 Å². The average molecular weight is 548 g/mol. The van der Waals surface area contributed by atoms with Crippen LogP contribution in [0.15, 0.2) is 42.7 Å². The summed E-state index contributed by atoms with van der Waals surface area (Å²) in [5, 5.41) is 7.66. The number of ether oxygens (including phenoxy) is 1. The van der Waals surface area contributed by atoms with Crippen LogP contribution in [0.5, 0.6) is 0 Å². The van der Waals surface area contributed by atoms with E-state index < -0.39 is 35.4 Å². The van der Waals surface area contributed by atoms with Crippen LogP contribution in [0.4, 0.5) is 27.6 Å². The fourth-order valence-corrected chi connectivity index (χ4v) is 5.74. The quantitative estimate of drug-likeness (QED) is 0.425. The van der Waals surface area contributed by atoms with Gasteiger partial charge < -0.3 is 14.2 Å². The highest BCUT2D eigenvalue weighted by Gasteiger charge is 2.51. The lowest BCUT2D eigenvalue weighted by atomic mass is 9.74. The first-order valence-electron chi connectivity index (χ1n) is 12.6. The Bertz CT molecular complexity index is 1420. The monoisotopic (exact) mass is 547 g/mol. The van der Waals surface area contributed by atoms with E-state index in [0.717, 1.165) is 6.07 Å². The van der Waals surface area contributed by atoms with E-state index in [1.54, 1.807) is 36.2 Å². The van der Waals surface area contributed by atoms with Gasteiger partial charge in [0.25, 0.3) is 5.91 Å². The number of aromatic nitrogens is 3. The lowest BCUT2D eigenvalue weighted by Crippen LogP contribution is -2.50. The molecule has 0 aliphatic carbocycles. The van der Waals surface area contributed by atoms with Gasteiger partial charge in [0.2, 0.25) is 0 Å². The molecule has 2 aromatic carbocycles. The number of rotatable bonds is 6. The SMILES string of the molecule is Cn1cnnc1[C@H](F)C1(c2cccc(N3Cc4c(cc(CN5CC[C@@H](F)C5)cc4C(F)(F)F)C3=O)c2)COC1. The van der Waals surface area contributed by atoms with Crippen molar-refractivity contribution in [2.45, 2.75) is 43.4 Å². The molecular weight excluding hydrogens is 521 g/mol. The summed E-state index contributed by atoms with van der Waals surface area (Å²) in [6.45, 7) is 0.617. The molecule has 12 heteroatoms. The van der Waals surface area contributed by atoms with Gasteiger partial charge in [-0.25, -0.2) is 8.78 Å². The summed E-state index contributed by atoms with van der Waals surface area (Å²) >= 11 is 0. The molecule has 6 rings (SSSR count). The lowest BCUT2D eigenvalue weighted by Gasteiger charge is -2.43. The molecular formula is C27H26F5N5O2. The van der Waals surface area contributed by atoms with Gasteiger partial charge in [-0.15, -0.1) is 10.2 Å². The van der Waals surface area contributed by atoms with Gasteiger partial charge in [0.1, 0.15) is 12.5 Å². The highest BCUT2D eigenvalue weighted by atomic mass is 19.4. The molecule has 206 valence electrons. The van der Waals surface area contributed by atoms with Crippen LogP contribution in [0, 0.1) is 0 Å². The van der Waals surface area contributed by atoms with Crippen molar-refractivity contribution in [1.29, 1.82) is 0 Å². The summed E-state index contributed by atoms with van der Waals surface area (Å²) in [7, 11) is 1.64. The van der Waals surface area contributed by atoms with Crippen molar-refractivity contribution in [2.75, 3.05) is 31.2 Å². The number of aryl methyl sites for hydroxylation is 1. The Kier molecular flexibility index (Phi) is 6.22. The number of hydrogen-bond donors (Lipinski definition) is 0. The highest BCUT2D eigenvalue weighted by molar-refractivity contribution is 6.10. The Labute approximate surface area is 221 Å². The van der Waals surface area contributed by atoms with Crippen molar-refractivity contribution in [3.8, 4) is 0 Å². The summed E-state index contributed by atoms with van der Waals surface area (Å²) in [6.07, 6.45) is -5.49. The molecule has 1 amide bonds. The minimum Gasteiger partial charge on any atom is -0.379 e. The zero-order chi connectivity index (χ0) is 27.5. The van der Waals surface area contributed by atoms with Crippen LogP contribution in [0.3, 0.4) is 0 Å².